The molecule has 0 spiro atoms. The molecule has 2 rings (SSSR count). The summed E-state index contributed by atoms with van der Waals surface area (Å²) in [7, 11) is 1.40. The number of primary amides is 1. The van der Waals surface area contributed by atoms with Gasteiger partial charge in [0.05, 0.1) is 26.4 Å². The van der Waals surface area contributed by atoms with Crippen LogP contribution in [0.3, 0.4) is 0 Å². The second-order valence-electron chi connectivity index (χ2n) is 9.54. The van der Waals surface area contributed by atoms with E-state index in [2.05, 4.69) is 36.0 Å². The van der Waals surface area contributed by atoms with Gasteiger partial charge in [0.15, 0.2) is 17.2 Å². The van der Waals surface area contributed by atoms with Gasteiger partial charge in [-0.05, 0) is 30.9 Å². The highest BCUT2D eigenvalue weighted by molar-refractivity contribution is 5.94. The Morgan fingerprint density at radius 3 is 2.31 bits per heavy atom. The Labute approximate surface area is 266 Å². The number of amides is 1. The van der Waals surface area contributed by atoms with Gasteiger partial charge in [-0.3, -0.25) is 14.4 Å². The van der Waals surface area contributed by atoms with Crippen LogP contribution in [-0.2, 0) is 23.8 Å². The van der Waals surface area contributed by atoms with Gasteiger partial charge in [0.25, 0.3) is 5.91 Å². The Bertz CT molecular complexity index is 1170. The molecule has 11 heteroatoms. The number of nitrogens with zero attached hydrogens (tertiary/aromatic N) is 1. The molecule has 2 unspecified atom stereocenters. The zero-order valence-electron chi connectivity index (χ0n) is 26.7. The number of aromatic nitrogens is 1. The number of aliphatic hydroxyl groups excluding tert-OH is 1. The monoisotopic (exact) mass is 628 g/mol. The lowest BCUT2D eigenvalue weighted by molar-refractivity contribution is -0.150. The third-order valence-corrected chi connectivity index (χ3v) is 5.98. The van der Waals surface area contributed by atoms with Crippen LogP contribution in [0, 0.1) is 0 Å². The Morgan fingerprint density at radius 2 is 1.78 bits per heavy atom. The lowest BCUT2D eigenvalue weighted by atomic mass is 10.0. The number of aliphatic hydroxyl groups is 1. The second kappa shape index (κ2) is 24.9. The third kappa shape index (κ3) is 18.7. The van der Waals surface area contributed by atoms with Gasteiger partial charge in [0.2, 0.25) is 6.79 Å². The summed E-state index contributed by atoms with van der Waals surface area (Å²) in [6.45, 7) is 17.8. The van der Waals surface area contributed by atoms with Crippen molar-refractivity contribution in [3.8, 4) is 11.5 Å². The average Bonchev–Trinajstić information content (AvgIpc) is 3.01. The highest BCUT2D eigenvalue weighted by Gasteiger charge is 2.19. The molecule has 1 saturated heterocycles. The first-order chi connectivity index (χ1) is 21.6. The number of carbonyl (C=O) groups is 3. The van der Waals surface area contributed by atoms with E-state index >= 15 is 0 Å². The molecule has 2 heterocycles. The standard InChI is InChI=1S/C17H26O3.C10H12N2O5.C7H10O/c1-4-9-15(5-2)13-19-16-10-7-6-8-11-17(18)20-14(3)12-16;1-6(13)16-5-17-9-7(15-2)3-4-12-8(9)10(11)14;1-3-5-7(4-2)6-8/h4-5,9,14,16H,1-2,6-8,10-13H2,3H3;3-4H,5H2,1-2H3,(H2,11,14);3-5,8H,1-2,6H2/b15-9+;;7-5+. The highest BCUT2D eigenvalue weighted by atomic mass is 16.7. The number of carbonyl (C=O) groups excluding carboxylic acids is 3. The fourth-order valence-electron chi connectivity index (χ4n) is 3.74. The van der Waals surface area contributed by atoms with Crippen LogP contribution in [0.4, 0.5) is 0 Å². The van der Waals surface area contributed by atoms with E-state index in [-0.39, 0.29) is 48.8 Å². The van der Waals surface area contributed by atoms with Crippen molar-refractivity contribution in [1.82, 2.24) is 4.98 Å². The summed E-state index contributed by atoms with van der Waals surface area (Å²) < 4.78 is 26.0. The molecule has 1 aromatic rings. The molecule has 11 nitrogen and oxygen atoms in total. The first-order valence-electron chi connectivity index (χ1n) is 14.5. The first-order valence-corrected chi connectivity index (χ1v) is 14.5. The van der Waals surface area contributed by atoms with E-state index in [1.165, 1.54) is 26.3 Å². The average molecular weight is 629 g/mol. The quantitative estimate of drug-likeness (QED) is 0.166. The van der Waals surface area contributed by atoms with E-state index in [4.69, 9.17) is 29.8 Å². The van der Waals surface area contributed by atoms with Crippen LogP contribution < -0.4 is 15.2 Å². The van der Waals surface area contributed by atoms with Gasteiger partial charge in [-0.1, -0.05) is 75.6 Å². The van der Waals surface area contributed by atoms with Gasteiger partial charge < -0.3 is 34.5 Å². The number of pyridine rings is 1. The summed E-state index contributed by atoms with van der Waals surface area (Å²) in [6.07, 6.45) is 17.1. The number of allylic oxidation sites excluding steroid dienone is 4. The van der Waals surface area contributed by atoms with Crippen LogP contribution in [0.5, 0.6) is 11.5 Å². The van der Waals surface area contributed by atoms with Gasteiger partial charge in [0, 0.05) is 32.0 Å². The number of hydrogen-bond acceptors (Lipinski definition) is 10. The normalized spacial score (nSPS) is 16.9. The third-order valence-electron chi connectivity index (χ3n) is 5.98. The maximum Gasteiger partial charge on any atom is 0.306 e. The van der Waals surface area contributed by atoms with Crippen LogP contribution in [0.25, 0.3) is 0 Å². The van der Waals surface area contributed by atoms with Crippen molar-refractivity contribution < 1.29 is 43.2 Å². The van der Waals surface area contributed by atoms with E-state index in [9.17, 15) is 14.4 Å². The van der Waals surface area contributed by atoms with Crippen molar-refractivity contribution >= 4 is 17.8 Å². The fraction of sp³-hybridized carbons (Fsp3) is 0.412. The summed E-state index contributed by atoms with van der Waals surface area (Å²) in [5.41, 5.74) is 6.85. The summed E-state index contributed by atoms with van der Waals surface area (Å²) in [4.78, 5) is 37.0. The molecule has 1 aliphatic heterocycles. The number of hydrogen-bond donors (Lipinski definition) is 2. The van der Waals surface area contributed by atoms with Crippen LogP contribution >= 0.6 is 0 Å². The van der Waals surface area contributed by atoms with Gasteiger partial charge in [-0.15, -0.1) is 0 Å². The summed E-state index contributed by atoms with van der Waals surface area (Å²) >= 11 is 0. The molecular formula is C34H48N2O9. The topological polar surface area (TPSA) is 156 Å². The van der Waals surface area contributed by atoms with E-state index < -0.39 is 11.9 Å². The number of cyclic esters (lactones) is 1. The number of nitrogens with two attached hydrogens (primary N) is 1. The Hall–Kier alpha value is -4.48. The van der Waals surface area contributed by atoms with E-state index in [0.29, 0.717) is 13.0 Å². The number of ether oxygens (including phenoxy) is 5. The molecular weight excluding hydrogens is 580 g/mol. The molecule has 1 aromatic heterocycles. The molecule has 0 saturated carbocycles. The van der Waals surface area contributed by atoms with Crippen molar-refractivity contribution in [1.29, 1.82) is 0 Å². The fourth-order valence-corrected chi connectivity index (χ4v) is 3.74. The van der Waals surface area contributed by atoms with Crippen molar-refractivity contribution in [2.45, 2.75) is 64.6 Å². The Balaban J connectivity index is 0.000000702. The Kier molecular flexibility index (Phi) is 22.4. The van der Waals surface area contributed by atoms with Crippen molar-refractivity contribution in [3.63, 3.8) is 0 Å². The molecule has 1 fully saturated rings. The maximum atomic E-state index is 11.5. The van der Waals surface area contributed by atoms with E-state index in [0.717, 1.165) is 43.3 Å². The minimum absolute atomic E-state index is 0.0372. The van der Waals surface area contributed by atoms with E-state index in [1.807, 2.05) is 13.0 Å². The smallest absolute Gasteiger partial charge is 0.306 e. The zero-order chi connectivity index (χ0) is 34.0. The van der Waals surface area contributed by atoms with Gasteiger partial charge in [-0.25, -0.2) is 4.98 Å². The lowest BCUT2D eigenvalue weighted by Gasteiger charge is -2.23. The molecule has 1 amide bonds. The molecule has 0 radical (unpaired) electrons. The predicted octanol–water partition coefficient (Wildman–Crippen LogP) is 5.32. The molecule has 0 aromatic carbocycles. The molecule has 2 atom stereocenters. The van der Waals surface area contributed by atoms with E-state index in [1.54, 1.807) is 30.4 Å². The van der Waals surface area contributed by atoms with Crippen molar-refractivity contribution in [2.24, 2.45) is 5.73 Å². The van der Waals surface area contributed by atoms with Crippen molar-refractivity contribution in [3.05, 3.63) is 91.9 Å². The minimum atomic E-state index is -0.762. The van der Waals surface area contributed by atoms with Crippen molar-refractivity contribution in [2.75, 3.05) is 27.1 Å². The molecule has 3 N–H and O–H groups in total. The lowest BCUT2D eigenvalue weighted by Crippen LogP contribution is -2.25. The number of esters is 2. The van der Waals surface area contributed by atoms with Crippen LogP contribution in [0.15, 0.2) is 86.2 Å². The predicted molar refractivity (Wildman–Crippen MR) is 174 cm³/mol. The minimum Gasteiger partial charge on any atom is -0.493 e. The molecule has 45 heavy (non-hydrogen) atoms. The first kappa shape index (κ1) is 40.5. The number of rotatable bonds is 13. The Morgan fingerprint density at radius 1 is 1.11 bits per heavy atom. The summed E-state index contributed by atoms with van der Waals surface area (Å²) in [5, 5.41) is 8.47. The summed E-state index contributed by atoms with van der Waals surface area (Å²) in [5.74, 6) is -1.03. The van der Waals surface area contributed by atoms with Gasteiger partial charge in [-0.2, -0.15) is 0 Å². The molecule has 1 aliphatic rings. The SMILES string of the molecule is C=C/C=C(\C=C)CO.C=C/C=C(\C=C)COC1CCCCCC(=O)OC(C)C1.COc1ccnc(C(N)=O)c1OCOC(C)=O. The highest BCUT2D eigenvalue weighted by Crippen LogP contribution is 2.29. The number of methoxy groups -OCH3 is 1. The maximum absolute atomic E-state index is 11.5. The molecule has 248 valence electrons. The van der Waals surface area contributed by atoms with Gasteiger partial charge in [0.1, 0.15) is 6.10 Å². The molecule has 0 aliphatic carbocycles. The largest absolute Gasteiger partial charge is 0.493 e. The van der Waals surface area contributed by atoms with Crippen LogP contribution in [0.1, 0.15) is 62.9 Å². The summed E-state index contributed by atoms with van der Waals surface area (Å²) in [6, 6.07) is 1.50. The zero-order valence-corrected chi connectivity index (χ0v) is 26.7. The van der Waals surface area contributed by atoms with Crippen LogP contribution in [-0.4, -0.2) is 67.3 Å². The van der Waals surface area contributed by atoms with Crippen LogP contribution in [0.2, 0.25) is 0 Å². The van der Waals surface area contributed by atoms with Gasteiger partial charge >= 0.3 is 11.9 Å². The molecule has 0 bridgehead atoms. The second-order valence-corrected chi connectivity index (χ2v) is 9.54.